The second-order valence-corrected chi connectivity index (χ2v) is 9.03. The molecule has 1 aromatic heterocycles. The highest BCUT2D eigenvalue weighted by Crippen LogP contribution is 2.37. The van der Waals surface area contributed by atoms with Crippen LogP contribution in [0.2, 0.25) is 0 Å². The number of ether oxygens (including phenoxy) is 3. The number of aromatic nitrogens is 1. The van der Waals surface area contributed by atoms with Crippen LogP contribution in [0, 0.1) is 6.92 Å². The van der Waals surface area contributed by atoms with E-state index in [0.29, 0.717) is 32.1 Å². The molecule has 0 atom stereocenters. The SMILES string of the molecule is Cc1cc(-c2ccc(S(=O)(=O)N3CCOCC3)cc2)nc2cc3c(cc12)OCO3.Cl. The Morgan fingerprint density at radius 1 is 0.967 bits per heavy atom. The van der Waals surface area contributed by atoms with Gasteiger partial charge in [0.2, 0.25) is 16.8 Å². The molecular formula is C21H21ClN2O5S. The summed E-state index contributed by atoms with van der Waals surface area (Å²) < 4.78 is 43.2. The lowest BCUT2D eigenvalue weighted by atomic mass is 10.0. The Bertz CT molecular complexity index is 1190. The number of morpholine rings is 1. The van der Waals surface area contributed by atoms with Gasteiger partial charge in [-0.1, -0.05) is 12.1 Å². The summed E-state index contributed by atoms with van der Waals surface area (Å²) in [5.41, 5.74) is 3.51. The van der Waals surface area contributed by atoms with E-state index in [1.165, 1.54) is 4.31 Å². The van der Waals surface area contributed by atoms with Crippen LogP contribution < -0.4 is 9.47 Å². The maximum atomic E-state index is 12.8. The second-order valence-electron chi connectivity index (χ2n) is 7.09. The number of hydrogen-bond donors (Lipinski definition) is 0. The number of sulfonamides is 1. The zero-order valence-electron chi connectivity index (χ0n) is 16.3. The van der Waals surface area contributed by atoms with Crippen LogP contribution in [-0.4, -0.2) is 50.8 Å². The number of pyridine rings is 1. The van der Waals surface area contributed by atoms with Gasteiger partial charge in [-0.15, -0.1) is 12.4 Å². The molecule has 30 heavy (non-hydrogen) atoms. The first-order valence-electron chi connectivity index (χ1n) is 9.42. The molecule has 7 nitrogen and oxygen atoms in total. The predicted octanol–water partition coefficient (Wildman–Crippen LogP) is 3.38. The molecule has 1 saturated heterocycles. The van der Waals surface area contributed by atoms with Gasteiger partial charge >= 0.3 is 0 Å². The highest BCUT2D eigenvalue weighted by molar-refractivity contribution is 7.89. The van der Waals surface area contributed by atoms with E-state index in [0.717, 1.165) is 33.5 Å². The van der Waals surface area contributed by atoms with Crippen LogP contribution in [-0.2, 0) is 14.8 Å². The fourth-order valence-corrected chi connectivity index (χ4v) is 5.07. The van der Waals surface area contributed by atoms with Crippen molar-refractivity contribution in [3.05, 3.63) is 48.0 Å². The topological polar surface area (TPSA) is 78.0 Å². The highest BCUT2D eigenvalue weighted by Gasteiger charge is 2.26. The molecule has 2 aliphatic heterocycles. The number of nitrogens with zero attached hydrogens (tertiary/aromatic N) is 2. The smallest absolute Gasteiger partial charge is 0.243 e. The number of rotatable bonds is 3. The summed E-state index contributed by atoms with van der Waals surface area (Å²) in [6, 6.07) is 12.7. The first kappa shape index (κ1) is 20.9. The van der Waals surface area contributed by atoms with Gasteiger partial charge in [0, 0.05) is 30.1 Å². The van der Waals surface area contributed by atoms with Gasteiger partial charge in [0.25, 0.3) is 0 Å². The Labute approximate surface area is 181 Å². The van der Waals surface area contributed by atoms with Crippen LogP contribution in [0.25, 0.3) is 22.2 Å². The third-order valence-electron chi connectivity index (χ3n) is 5.27. The molecule has 158 valence electrons. The molecule has 0 spiro atoms. The minimum atomic E-state index is -3.51. The van der Waals surface area contributed by atoms with Crippen LogP contribution in [0.4, 0.5) is 0 Å². The van der Waals surface area contributed by atoms with Crippen LogP contribution in [0.1, 0.15) is 5.56 Å². The fourth-order valence-electron chi connectivity index (χ4n) is 3.67. The molecule has 3 heterocycles. The molecule has 9 heteroatoms. The van der Waals surface area contributed by atoms with E-state index < -0.39 is 10.0 Å². The van der Waals surface area contributed by atoms with Crippen molar-refractivity contribution in [3.8, 4) is 22.8 Å². The van der Waals surface area contributed by atoms with E-state index in [2.05, 4.69) is 0 Å². The van der Waals surface area contributed by atoms with Crippen LogP contribution in [0.3, 0.4) is 0 Å². The zero-order chi connectivity index (χ0) is 20.0. The highest BCUT2D eigenvalue weighted by atomic mass is 35.5. The van der Waals surface area contributed by atoms with Crippen LogP contribution in [0.15, 0.2) is 47.4 Å². The monoisotopic (exact) mass is 448 g/mol. The molecule has 0 unspecified atom stereocenters. The number of aryl methyl sites for hydroxylation is 1. The van der Waals surface area contributed by atoms with Crippen molar-refractivity contribution in [2.24, 2.45) is 0 Å². The minimum Gasteiger partial charge on any atom is -0.454 e. The zero-order valence-corrected chi connectivity index (χ0v) is 18.0. The number of hydrogen-bond acceptors (Lipinski definition) is 6. The van der Waals surface area contributed by atoms with Crippen LogP contribution >= 0.6 is 12.4 Å². The van der Waals surface area contributed by atoms with Crippen molar-refractivity contribution in [1.82, 2.24) is 9.29 Å². The second kappa shape index (κ2) is 8.03. The van der Waals surface area contributed by atoms with Crippen molar-refractivity contribution < 1.29 is 22.6 Å². The number of benzene rings is 2. The number of fused-ring (bicyclic) bond motifs is 2. The molecule has 3 aromatic rings. The lowest BCUT2D eigenvalue weighted by Gasteiger charge is -2.26. The summed E-state index contributed by atoms with van der Waals surface area (Å²) in [6.45, 7) is 3.85. The van der Waals surface area contributed by atoms with E-state index in [1.807, 2.05) is 25.1 Å². The Morgan fingerprint density at radius 3 is 2.33 bits per heavy atom. The molecule has 2 aromatic carbocycles. The molecule has 2 aliphatic rings. The first-order valence-corrected chi connectivity index (χ1v) is 10.9. The summed E-state index contributed by atoms with van der Waals surface area (Å²) in [4.78, 5) is 5.04. The van der Waals surface area contributed by atoms with E-state index >= 15 is 0 Å². The summed E-state index contributed by atoms with van der Waals surface area (Å²) in [5.74, 6) is 1.42. The summed E-state index contributed by atoms with van der Waals surface area (Å²) in [7, 11) is -3.51. The van der Waals surface area contributed by atoms with Crippen molar-refractivity contribution in [2.75, 3.05) is 33.1 Å². The van der Waals surface area contributed by atoms with Crippen molar-refractivity contribution in [2.45, 2.75) is 11.8 Å². The third-order valence-corrected chi connectivity index (χ3v) is 7.18. The lowest BCUT2D eigenvalue weighted by molar-refractivity contribution is 0.0730. The van der Waals surface area contributed by atoms with Gasteiger partial charge in [0.05, 0.1) is 29.3 Å². The molecule has 1 fully saturated rings. The molecule has 0 saturated carbocycles. The Balaban J connectivity index is 0.00000218. The van der Waals surface area contributed by atoms with Gasteiger partial charge in [-0.25, -0.2) is 13.4 Å². The fraction of sp³-hybridized carbons (Fsp3) is 0.286. The lowest BCUT2D eigenvalue weighted by Crippen LogP contribution is -2.40. The van der Waals surface area contributed by atoms with Gasteiger partial charge < -0.3 is 14.2 Å². The largest absolute Gasteiger partial charge is 0.454 e. The first-order chi connectivity index (χ1) is 14.0. The summed E-state index contributed by atoms with van der Waals surface area (Å²) in [6.07, 6.45) is 0. The van der Waals surface area contributed by atoms with E-state index in [9.17, 15) is 8.42 Å². The van der Waals surface area contributed by atoms with Gasteiger partial charge in [0.15, 0.2) is 11.5 Å². The average molecular weight is 449 g/mol. The summed E-state index contributed by atoms with van der Waals surface area (Å²) >= 11 is 0. The Hall–Kier alpha value is -2.39. The number of halogens is 1. The van der Waals surface area contributed by atoms with Gasteiger partial charge in [0.1, 0.15) is 0 Å². The third kappa shape index (κ3) is 3.60. The maximum Gasteiger partial charge on any atom is 0.243 e. The molecule has 0 radical (unpaired) electrons. The standard InChI is InChI=1S/C21H20N2O5S.ClH/c1-14-10-18(22-19-12-21-20(11-17(14)19)27-13-28-21)15-2-4-16(5-3-15)29(24,25)23-6-8-26-9-7-23;/h2-5,10-12H,6-9,13H2,1H3;1H. The van der Waals surface area contributed by atoms with Crippen molar-refractivity contribution in [3.63, 3.8) is 0 Å². The molecule has 0 bridgehead atoms. The van der Waals surface area contributed by atoms with Gasteiger partial charge in [-0.3, -0.25) is 0 Å². The average Bonchev–Trinajstić information content (AvgIpc) is 3.20. The van der Waals surface area contributed by atoms with Gasteiger partial charge in [-0.2, -0.15) is 4.31 Å². The molecule has 0 N–H and O–H groups in total. The van der Waals surface area contributed by atoms with E-state index in [4.69, 9.17) is 19.2 Å². The van der Waals surface area contributed by atoms with E-state index in [1.54, 1.807) is 24.3 Å². The Morgan fingerprint density at radius 2 is 1.63 bits per heavy atom. The molecular weight excluding hydrogens is 428 g/mol. The molecule has 0 amide bonds. The Kier molecular flexibility index (Phi) is 5.59. The molecule has 5 rings (SSSR count). The van der Waals surface area contributed by atoms with E-state index in [-0.39, 0.29) is 24.1 Å². The normalized spacial score (nSPS) is 16.4. The van der Waals surface area contributed by atoms with Crippen LogP contribution in [0.5, 0.6) is 11.5 Å². The molecule has 0 aliphatic carbocycles. The van der Waals surface area contributed by atoms with Crippen molar-refractivity contribution in [1.29, 1.82) is 0 Å². The maximum absolute atomic E-state index is 12.8. The minimum absolute atomic E-state index is 0. The predicted molar refractivity (Wildman–Crippen MR) is 115 cm³/mol. The quantitative estimate of drug-likeness (QED) is 0.611. The van der Waals surface area contributed by atoms with Gasteiger partial charge in [-0.05, 0) is 36.8 Å². The summed E-state index contributed by atoms with van der Waals surface area (Å²) in [5, 5.41) is 1.00. The van der Waals surface area contributed by atoms with Crippen molar-refractivity contribution >= 4 is 33.3 Å².